The molecule has 0 aliphatic carbocycles. The normalized spacial score (nSPS) is 16.8. The van der Waals surface area contributed by atoms with E-state index >= 15 is 0 Å². The van der Waals surface area contributed by atoms with Gasteiger partial charge in [0.05, 0.1) is 0 Å². The largest absolute Gasteiger partial charge is 0.383 e. The van der Waals surface area contributed by atoms with E-state index in [0.29, 0.717) is 19.6 Å². The number of carbonyl (C=O) groups is 1. The number of benzene rings is 1. The zero-order valence-electron chi connectivity index (χ0n) is 15.7. The number of amides is 1. The van der Waals surface area contributed by atoms with Crippen LogP contribution in [0.5, 0.6) is 0 Å². The lowest BCUT2D eigenvalue weighted by Crippen LogP contribution is -2.50. The molecule has 6 heteroatoms. The van der Waals surface area contributed by atoms with E-state index in [-0.39, 0.29) is 17.5 Å². The summed E-state index contributed by atoms with van der Waals surface area (Å²) >= 11 is 0. The molecule has 0 spiro atoms. The Morgan fingerprint density at radius 1 is 1.31 bits per heavy atom. The molecule has 1 amide bonds. The maximum Gasteiger partial charge on any atom is 0.266 e. The van der Waals surface area contributed by atoms with Crippen LogP contribution < -0.4 is 11.1 Å². The molecular weight excluding hydrogens is 326 g/mol. The van der Waals surface area contributed by atoms with Crippen molar-refractivity contribution in [1.82, 2.24) is 15.1 Å². The van der Waals surface area contributed by atoms with Crippen molar-refractivity contribution in [3.05, 3.63) is 47.2 Å². The van der Waals surface area contributed by atoms with E-state index in [1.165, 1.54) is 5.56 Å². The van der Waals surface area contributed by atoms with Gasteiger partial charge in [0.1, 0.15) is 11.6 Å². The van der Waals surface area contributed by atoms with Gasteiger partial charge in [0.25, 0.3) is 5.91 Å². The molecule has 0 radical (unpaired) electrons. The van der Waals surface area contributed by atoms with E-state index in [1.807, 2.05) is 13.0 Å². The molecular formula is C20H29N5O. The third-order valence-corrected chi connectivity index (χ3v) is 4.82. The van der Waals surface area contributed by atoms with Crippen molar-refractivity contribution < 1.29 is 4.79 Å². The minimum absolute atomic E-state index is 0.0263. The first-order valence-corrected chi connectivity index (χ1v) is 9.25. The molecule has 3 N–H and O–H groups in total. The highest BCUT2D eigenvalue weighted by Gasteiger charge is 2.23. The van der Waals surface area contributed by atoms with Crippen molar-refractivity contribution in [3.63, 3.8) is 0 Å². The number of nitrogens with one attached hydrogen (secondary N) is 1. The Hall–Kier alpha value is -2.36. The SMILES string of the molecule is CCc1ccc(C(C)N/C=C(/C#N)C(=O)N2CCN(CCN)CC2)cc1. The van der Waals surface area contributed by atoms with E-state index < -0.39 is 0 Å². The highest BCUT2D eigenvalue weighted by molar-refractivity contribution is 5.97. The van der Waals surface area contributed by atoms with Crippen molar-refractivity contribution in [2.45, 2.75) is 26.3 Å². The van der Waals surface area contributed by atoms with Gasteiger partial charge in [0, 0.05) is 51.5 Å². The molecule has 1 aliphatic heterocycles. The van der Waals surface area contributed by atoms with Crippen LogP contribution in [-0.4, -0.2) is 55.0 Å². The topological polar surface area (TPSA) is 85.4 Å². The van der Waals surface area contributed by atoms with Gasteiger partial charge in [-0.25, -0.2) is 0 Å². The fourth-order valence-electron chi connectivity index (χ4n) is 3.02. The number of nitrogens with two attached hydrogens (primary N) is 1. The maximum atomic E-state index is 12.6. The van der Waals surface area contributed by atoms with Crippen LogP contribution in [0.2, 0.25) is 0 Å². The number of aryl methyl sites for hydroxylation is 1. The molecule has 1 fully saturated rings. The minimum Gasteiger partial charge on any atom is -0.383 e. The van der Waals surface area contributed by atoms with Crippen LogP contribution in [0.1, 0.15) is 31.0 Å². The molecule has 1 aromatic carbocycles. The second-order valence-electron chi connectivity index (χ2n) is 6.58. The van der Waals surface area contributed by atoms with Gasteiger partial charge in [-0.15, -0.1) is 0 Å². The number of hydrogen-bond donors (Lipinski definition) is 2. The summed E-state index contributed by atoms with van der Waals surface area (Å²) < 4.78 is 0. The number of rotatable bonds is 7. The summed E-state index contributed by atoms with van der Waals surface area (Å²) in [5.41, 5.74) is 8.13. The van der Waals surface area contributed by atoms with Gasteiger partial charge >= 0.3 is 0 Å². The van der Waals surface area contributed by atoms with E-state index in [4.69, 9.17) is 5.73 Å². The number of carbonyl (C=O) groups excluding carboxylic acids is 1. The number of piperazine rings is 1. The average molecular weight is 355 g/mol. The standard InChI is InChI=1S/C20H29N5O/c1-3-17-4-6-18(7-5-17)16(2)23-15-19(14-22)20(26)25-12-10-24(9-8-21)11-13-25/h4-7,15-16,23H,3,8-13,21H2,1-2H3/b19-15-. The van der Waals surface area contributed by atoms with Crippen molar-refractivity contribution in [1.29, 1.82) is 5.26 Å². The second-order valence-corrected chi connectivity index (χ2v) is 6.58. The lowest BCUT2D eigenvalue weighted by atomic mass is 10.1. The van der Waals surface area contributed by atoms with Crippen LogP contribution in [0, 0.1) is 11.3 Å². The summed E-state index contributed by atoms with van der Waals surface area (Å²) in [6.07, 6.45) is 2.56. The van der Waals surface area contributed by atoms with E-state index in [9.17, 15) is 10.1 Å². The number of hydrogen-bond acceptors (Lipinski definition) is 5. The molecule has 0 saturated carbocycles. The summed E-state index contributed by atoms with van der Waals surface area (Å²) in [5.74, 6) is -0.207. The third kappa shape index (κ3) is 5.32. The highest BCUT2D eigenvalue weighted by Crippen LogP contribution is 2.14. The fraction of sp³-hybridized carbons (Fsp3) is 0.500. The van der Waals surface area contributed by atoms with Crippen molar-refractivity contribution in [2.75, 3.05) is 39.3 Å². The zero-order valence-corrected chi connectivity index (χ0v) is 15.7. The summed E-state index contributed by atoms with van der Waals surface area (Å²) in [4.78, 5) is 16.6. The molecule has 6 nitrogen and oxygen atoms in total. The third-order valence-electron chi connectivity index (χ3n) is 4.82. The molecule has 1 aliphatic rings. The summed E-state index contributed by atoms with van der Waals surface area (Å²) in [7, 11) is 0. The van der Waals surface area contributed by atoms with Gasteiger partial charge in [-0.2, -0.15) is 5.26 Å². The molecule has 1 unspecified atom stereocenters. The van der Waals surface area contributed by atoms with Crippen LogP contribution in [0.25, 0.3) is 0 Å². The summed E-state index contributed by atoms with van der Waals surface area (Å²) in [6.45, 7) is 8.47. The van der Waals surface area contributed by atoms with Crippen LogP contribution in [0.4, 0.5) is 0 Å². The molecule has 0 bridgehead atoms. The molecule has 1 atom stereocenters. The predicted octanol–water partition coefficient (Wildman–Crippen LogP) is 1.41. The Morgan fingerprint density at radius 2 is 1.96 bits per heavy atom. The van der Waals surface area contributed by atoms with Crippen molar-refractivity contribution in [3.8, 4) is 6.07 Å². The first-order valence-electron chi connectivity index (χ1n) is 9.25. The Bertz CT molecular complexity index is 654. The van der Waals surface area contributed by atoms with Crippen LogP contribution in [-0.2, 0) is 11.2 Å². The van der Waals surface area contributed by atoms with Crippen molar-refractivity contribution in [2.24, 2.45) is 5.73 Å². The second kappa shape index (κ2) is 9.95. The Morgan fingerprint density at radius 3 is 2.50 bits per heavy atom. The minimum atomic E-state index is -0.207. The van der Waals surface area contributed by atoms with Gasteiger partial charge in [-0.1, -0.05) is 31.2 Å². The molecule has 1 saturated heterocycles. The number of nitriles is 1. The van der Waals surface area contributed by atoms with E-state index in [2.05, 4.69) is 41.4 Å². The first kappa shape index (κ1) is 20.0. The van der Waals surface area contributed by atoms with Gasteiger partial charge in [0.15, 0.2) is 0 Å². The average Bonchev–Trinajstić information content (AvgIpc) is 2.69. The number of nitrogens with zero attached hydrogens (tertiary/aromatic N) is 3. The van der Waals surface area contributed by atoms with E-state index in [1.54, 1.807) is 11.1 Å². The van der Waals surface area contributed by atoms with Gasteiger partial charge in [-0.3, -0.25) is 9.69 Å². The Balaban J connectivity index is 1.94. The lowest BCUT2D eigenvalue weighted by Gasteiger charge is -2.34. The Labute approximate surface area is 156 Å². The van der Waals surface area contributed by atoms with Crippen LogP contribution >= 0.6 is 0 Å². The molecule has 1 aromatic rings. The summed E-state index contributed by atoms with van der Waals surface area (Å²) in [5, 5.41) is 12.6. The van der Waals surface area contributed by atoms with Gasteiger partial charge in [0.2, 0.25) is 0 Å². The molecule has 2 rings (SSSR count). The molecule has 1 heterocycles. The molecule has 140 valence electrons. The Kier molecular flexibility index (Phi) is 7.64. The monoisotopic (exact) mass is 355 g/mol. The molecule has 26 heavy (non-hydrogen) atoms. The fourth-order valence-corrected chi connectivity index (χ4v) is 3.02. The van der Waals surface area contributed by atoms with Gasteiger partial charge in [-0.05, 0) is 24.5 Å². The summed E-state index contributed by atoms with van der Waals surface area (Å²) in [6, 6.07) is 10.4. The highest BCUT2D eigenvalue weighted by atomic mass is 16.2. The van der Waals surface area contributed by atoms with Crippen molar-refractivity contribution >= 4 is 5.91 Å². The molecule has 0 aromatic heterocycles. The van der Waals surface area contributed by atoms with Crippen LogP contribution in [0.3, 0.4) is 0 Å². The maximum absolute atomic E-state index is 12.6. The smallest absolute Gasteiger partial charge is 0.266 e. The lowest BCUT2D eigenvalue weighted by molar-refractivity contribution is -0.128. The zero-order chi connectivity index (χ0) is 18.9. The first-order chi connectivity index (χ1) is 12.6. The quantitative estimate of drug-likeness (QED) is 0.571. The van der Waals surface area contributed by atoms with E-state index in [0.717, 1.165) is 31.6 Å². The van der Waals surface area contributed by atoms with Crippen LogP contribution in [0.15, 0.2) is 36.0 Å². The predicted molar refractivity (Wildman–Crippen MR) is 103 cm³/mol. The van der Waals surface area contributed by atoms with Gasteiger partial charge < -0.3 is 16.0 Å².